The molecule has 1 aromatic rings. The summed E-state index contributed by atoms with van der Waals surface area (Å²) in [6.45, 7) is 1.25. The van der Waals surface area contributed by atoms with E-state index in [0.29, 0.717) is 18.7 Å². The fourth-order valence-electron chi connectivity index (χ4n) is 2.17. The van der Waals surface area contributed by atoms with Crippen LogP contribution >= 0.6 is 12.4 Å². The van der Waals surface area contributed by atoms with Crippen molar-refractivity contribution in [3.05, 3.63) is 29.6 Å². The van der Waals surface area contributed by atoms with Gasteiger partial charge in [0.2, 0.25) is 0 Å². The number of halogens is 2. The van der Waals surface area contributed by atoms with E-state index in [9.17, 15) is 9.18 Å². The maximum absolute atomic E-state index is 13.3. The van der Waals surface area contributed by atoms with Gasteiger partial charge in [-0.05, 0) is 31.0 Å². The van der Waals surface area contributed by atoms with Crippen LogP contribution < -0.4 is 10.5 Å². The number of amides is 1. The molecule has 1 saturated heterocycles. The van der Waals surface area contributed by atoms with Gasteiger partial charge in [-0.15, -0.1) is 12.4 Å². The summed E-state index contributed by atoms with van der Waals surface area (Å²) in [5.74, 6) is -0.505. The SMILES string of the molecule is COc1cc(C(=O)N2CCC[C@@H](N)C2)ccc1F.Cl. The molecule has 19 heavy (non-hydrogen) atoms. The summed E-state index contributed by atoms with van der Waals surface area (Å²) >= 11 is 0. The van der Waals surface area contributed by atoms with Crippen LogP contribution in [0.4, 0.5) is 4.39 Å². The van der Waals surface area contributed by atoms with Crippen molar-refractivity contribution in [2.45, 2.75) is 18.9 Å². The van der Waals surface area contributed by atoms with Gasteiger partial charge in [-0.2, -0.15) is 0 Å². The molecule has 106 valence electrons. The normalized spacial score (nSPS) is 18.7. The maximum atomic E-state index is 13.3. The molecule has 1 aliphatic rings. The molecule has 1 aromatic carbocycles. The number of likely N-dealkylation sites (tertiary alicyclic amines) is 1. The average Bonchev–Trinajstić information content (AvgIpc) is 2.38. The lowest BCUT2D eigenvalue weighted by atomic mass is 10.1. The quantitative estimate of drug-likeness (QED) is 0.903. The Hall–Kier alpha value is -1.33. The average molecular weight is 289 g/mol. The van der Waals surface area contributed by atoms with Crippen LogP contribution in [0.15, 0.2) is 18.2 Å². The fraction of sp³-hybridized carbons (Fsp3) is 0.462. The smallest absolute Gasteiger partial charge is 0.254 e. The minimum Gasteiger partial charge on any atom is -0.494 e. The molecule has 0 spiro atoms. The Morgan fingerprint density at radius 2 is 2.26 bits per heavy atom. The summed E-state index contributed by atoms with van der Waals surface area (Å²) in [5.41, 5.74) is 6.28. The minimum absolute atomic E-state index is 0. The zero-order valence-electron chi connectivity index (χ0n) is 10.8. The molecule has 1 atom stereocenters. The van der Waals surface area contributed by atoms with Gasteiger partial charge in [-0.25, -0.2) is 4.39 Å². The van der Waals surface area contributed by atoms with Crippen molar-refractivity contribution in [1.29, 1.82) is 0 Å². The van der Waals surface area contributed by atoms with Crippen LogP contribution in [0, 0.1) is 5.82 Å². The van der Waals surface area contributed by atoms with Crippen LogP contribution in [0.3, 0.4) is 0 Å². The van der Waals surface area contributed by atoms with Gasteiger partial charge in [-0.1, -0.05) is 0 Å². The molecule has 0 bridgehead atoms. The van der Waals surface area contributed by atoms with Crippen LogP contribution in [0.2, 0.25) is 0 Å². The summed E-state index contributed by atoms with van der Waals surface area (Å²) < 4.78 is 18.1. The molecule has 1 aliphatic heterocycles. The minimum atomic E-state index is -0.468. The molecule has 1 fully saturated rings. The highest BCUT2D eigenvalue weighted by Gasteiger charge is 2.22. The molecular weight excluding hydrogens is 271 g/mol. The molecule has 0 aliphatic carbocycles. The highest BCUT2D eigenvalue weighted by molar-refractivity contribution is 5.94. The van der Waals surface area contributed by atoms with Gasteiger partial charge in [0, 0.05) is 24.7 Å². The van der Waals surface area contributed by atoms with Gasteiger partial charge in [0.1, 0.15) is 0 Å². The van der Waals surface area contributed by atoms with Crippen LogP contribution in [0.25, 0.3) is 0 Å². The number of ether oxygens (including phenoxy) is 1. The van der Waals surface area contributed by atoms with E-state index < -0.39 is 5.82 Å². The number of hydrogen-bond acceptors (Lipinski definition) is 3. The molecule has 2 N–H and O–H groups in total. The molecule has 0 unspecified atom stereocenters. The number of benzene rings is 1. The summed E-state index contributed by atoms with van der Waals surface area (Å²) in [6, 6.07) is 4.18. The number of carbonyl (C=O) groups excluding carboxylic acids is 1. The zero-order chi connectivity index (χ0) is 13.1. The predicted octanol–water partition coefficient (Wildman–Crippen LogP) is 1.82. The fourth-order valence-corrected chi connectivity index (χ4v) is 2.17. The summed E-state index contributed by atoms with van der Waals surface area (Å²) in [6.07, 6.45) is 1.85. The Bertz CT molecular complexity index is 456. The maximum Gasteiger partial charge on any atom is 0.254 e. The van der Waals surface area contributed by atoms with E-state index in [2.05, 4.69) is 0 Å². The number of hydrogen-bond donors (Lipinski definition) is 1. The van der Waals surface area contributed by atoms with Crippen molar-refractivity contribution >= 4 is 18.3 Å². The van der Waals surface area contributed by atoms with Crippen molar-refractivity contribution in [1.82, 2.24) is 4.90 Å². The summed E-state index contributed by atoms with van der Waals surface area (Å²) in [5, 5.41) is 0. The van der Waals surface area contributed by atoms with Crippen molar-refractivity contribution in [2.24, 2.45) is 5.73 Å². The van der Waals surface area contributed by atoms with Crippen LogP contribution in [-0.2, 0) is 0 Å². The first-order chi connectivity index (χ1) is 8.61. The Morgan fingerprint density at radius 1 is 1.53 bits per heavy atom. The lowest BCUT2D eigenvalue weighted by molar-refractivity contribution is 0.0708. The number of methoxy groups -OCH3 is 1. The third-order valence-electron chi connectivity index (χ3n) is 3.14. The number of nitrogens with two attached hydrogens (primary N) is 1. The highest BCUT2D eigenvalue weighted by atomic mass is 35.5. The Balaban J connectivity index is 0.00000180. The third kappa shape index (κ3) is 3.58. The summed E-state index contributed by atoms with van der Waals surface area (Å²) in [7, 11) is 1.38. The van der Waals surface area contributed by atoms with E-state index in [1.165, 1.54) is 25.3 Å². The lowest BCUT2D eigenvalue weighted by Crippen LogP contribution is -2.45. The number of piperidine rings is 1. The first-order valence-electron chi connectivity index (χ1n) is 6.00. The summed E-state index contributed by atoms with van der Waals surface area (Å²) in [4.78, 5) is 13.9. The van der Waals surface area contributed by atoms with Crippen LogP contribution in [-0.4, -0.2) is 37.0 Å². The molecule has 2 rings (SSSR count). The van der Waals surface area contributed by atoms with Gasteiger partial charge >= 0.3 is 0 Å². The Morgan fingerprint density at radius 3 is 2.89 bits per heavy atom. The molecule has 4 nitrogen and oxygen atoms in total. The number of nitrogens with zero attached hydrogens (tertiary/aromatic N) is 1. The number of carbonyl (C=O) groups is 1. The van der Waals surface area contributed by atoms with E-state index in [0.717, 1.165) is 12.8 Å². The molecule has 0 saturated carbocycles. The van der Waals surface area contributed by atoms with E-state index in [-0.39, 0.29) is 30.1 Å². The second-order valence-electron chi connectivity index (χ2n) is 4.50. The van der Waals surface area contributed by atoms with Crippen LogP contribution in [0.5, 0.6) is 5.75 Å². The van der Waals surface area contributed by atoms with Gasteiger partial charge in [0.05, 0.1) is 7.11 Å². The molecular formula is C13H18ClFN2O2. The predicted molar refractivity (Wildman–Crippen MR) is 73.3 cm³/mol. The van der Waals surface area contributed by atoms with E-state index >= 15 is 0 Å². The lowest BCUT2D eigenvalue weighted by Gasteiger charge is -2.30. The largest absolute Gasteiger partial charge is 0.494 e. The van der Waals surface area contributed by atoms with E-state index in [1.54, 1.807) is 4.90 Å². The highest BCUT2D eigenvalue weighted by Crippen LogP contribution is 2.20. The first kappa shape index (κ1) is 15.7. The van der Waals surface area contributed by atoms with Crippen LogP contribution in [0.1, 0.15) is 23.2 Å². The second kappa shape index (κ2) is 6.73. The monoisotopic (exact) mass is 288 g/mol. The van der Waals surface area contributed by atoms with E-state index in [4.69, 9.17) is 10.5 Å². The third-order valence-corrected chi connectivity index (χ3v) is 3.14. The van der Waals surface area contributed by atoms with Gasteiger partial charge in [0.15, 0.2) is 11.6 Å². The Labute approximate surface area is 118 Å². The number of rotatable bonds is 2. The van der Waals surface area contributed by atoms with Crippen molar-refractivity contribution in [2.75, 3.05) is 20.2 Å². The molecule has 1 heterocycles. The second-order valence-corrected chi connectivity index (χ2v) is 4.50. The van der Waals surface area contributed by atoms with Gasteiger partial charge in [-0.3, -0.25) is 4.79 Å². The van der Waals surface area contributed by atoms with Gasteiger partial charge in [0.25, 0.3) is 5.91 Å². The van der Waals surface area contributed by atoms with Crippen molar-refractivity contribution in [3.63, 3.8) is 0 Å². The molecule has 6 heteroatoms. The standard InChI is InChI=1S/C13H17FN2O2.ClH/c1-18-12-7-9(4-5-11(12)14)13(17)16-6-2-3-10(15)8-16;/h4-5,7,10H,2-3,6,8,15H2,1H3;1H/t10-;/m1./s1. The molecule has 0 aromatic heterocycles. The van der Waals surface area contributed by atoms with Gasteiger partial charge < -0.3 is 15.4 Å². The topological polar surface area (TPSA) is 55.6 Å². The van der Waals surface area contributed by atoms with Crippen molar-refractivity contribution < 1.29 is 13.9 Å². The first-order valence-corrected chi connectivity index (χ1v) is 6.00. The Kier molecular flexibility index (Phi) is 5.57. The van der Waals surface area contributed by atoms with Crippen molar-refractivity contribution in [3.8, 4) is 5.75 Å². The zero-order valence-corrected chi connectivity index (χ0v) is 11.6. The van der Waals surface area contributed by atoms with E-state index in [1.807, 2.05) is 0 Å². The molecule has 0 radical (unpaired) electrons. The molecule has 1 amide bonds.